The zero-order valence-corrected chi connectivity index (χ0v) is 12.4. The number of carbonyl (C=O) groups excluding carboxylic acids is 1. The molecule has 0 bridgehead atoms. The first-order valence-corrected chi connectivity index (χ1v) is 8.23. The Morgan fingerprint density at radius 3 is 2.40 bits per heavy atom. The molecule has 0 radical (unpaired) electrons. The van der Waals surface area contributed by atoms with Gasteiger partial charge in [-0.05, 0) is 6.42 Å². The second kappa shape index (κ2) is 10.6. The van der Waals surface area contributed by atoms with E-state index in [0.29, 0.717) is 5.75 Å². The first-order valence-electron chi connectivity index (χ1n) is 5.74. The van der Waals surface area contributed by atoms with E-state index in [0.717, 1.165) is 0 Å². The van der Waals surface area contributed by atoms with Crippen molar-refractivity contribution in [1.29, 1.82) is 0 Å². The van der Waals surface area contributed by atoms with Crippen LogP contribution in [-0.4, -0.2) is 51.6 Å². The molecule has 0 heterocycles. The monoisotopic (exact) mass is 322 g/mol. The third kappa shape index (κ3) is 8.83. The largest absolute Gasteiger partial charge is 0.480 e. The number of nitrogens with two attached hydrogens (primary N) is 1. The predicted octanol–water partition coefficient (Wildman–Crippen LogP) is 0.315. The van der Waals surface area contributed by atoms with Crippen molar-refractivity contribution in [3.05, 3.63) is 12.7 Å². The summed E-state index contributed by atoms with van der Waals surface area (Å²) in [5.74, 6) is -1.96. The Morgan fingerprint density at radius 1 is 1.25 bits per heavy atom. The van der Waals surface area contributed by atoms with E-state index in [9.17, 15) is 14.4 Å². The lowest BCUT2D eigenvalue weighted by atomic mass is 10.1. The molecule has 0 aromatic heterocycles. The van der Waals surface area contributed by atoms with E-state index >= 15 is 0 Å². The minimum atomic E-state index is -1.19. The molecule has 9 heteroatoms. The number of carboxylic acid groups (broad SMARTS) is 2. The SMILES string of the molecule is C=CCSSCC(NC(=O)CCC(N)C(=O)O)C(=O)O. The van der Waals surface area contributed by atoms with Crippen LogP contribution in [0.25, 0.3) is 0 Å². The molecule has 0 spiro atoms. The maximum Gasteiger partial charge on any atom is 0.327 e. The lowest BCUT2D eigenvalue weighted by molar-refractivity contribution is -0.141. The molecule has 5 N–H and O–H groups in total. The Hall–Kier alpha value is -1.19. The number of hydrogen-bond donors (Lipinski definition) is 4. The maximum absolute atomic E-state index is 11.5. The molecule has 0 rings (SSSR count). The van der Waals surface area contributed by atoms with E-state index < -0.39 is 29.9 Å². The second-order valence-electron chi connectivity index (χ2n) is 3.80. The first kappa shape index (κ1) is 18.8. The summed E-state index contributed by atoms with van der Waals surface area (Å²) in [7, 11) is 2.75. The zero-order chi connectivity index (χ0) is 15.5. The van der Waals surface area contributed by atoms with Gasteiger partial charge in [0.2, 0.25) is 5.91 Å². The van der Waals surface area contributed by atoms with Gasteiger partial charge >= 0.3 is 11.9 Å². The van der Waals surface area contributed by atoms with Gasteiger partial charge in [0.05, 0.1) is 0 Å². The third-order valence-electron chi connectivity index (χ3n) is 2.14. The molecule has 7 nitrogen and oxygen atoms in total. The van der Waals surface area contributed by atoms with Crippen LogP contribution in [-0.2, 0) is 14.4 Å². The van der Waals surface area contributed by atoms with Crippen molar-refractivity contribution in [2.45, 2.75) is 24.9 Å². The van der Waals surface area contributed by atoms with Gasteiger partial charge in [0, 0.05) is 17.9 Å². The number of aliphatic carboxylic acids is 2. The Labute approximate surface area is 124 Å². The Morgan fingerprint density at radius 2 is 1.90 bits per heavy atom. The highest BCUT2D eigenvalue weighted by Crippen LogP contribution is 2.21. The van der Waals surface area contributed by atoms with Gasteiger partial charge in [0.25, 0.3) is 0 Å². The average Bonchev–Trinajstić information content (AvgIpc) is 2.39. The van der Waals surface area contributed by atoms with Crippen LogP contribution in [0.15, 0.2) is 12.7 Å². The molecule has 0 aliphatic rings. The van der Waals surface area contributed by atoms with Crippen LogP contribution in [0.3, 0.4) is 0 Å². The Balaban J connectivity index is 4.10. The number of hydrogen-bond acceptors (Lipinski definition) is 6. The van der Waals surface area contributed by atoms with Crippen molar-refractivity contribution in [3.8, 4) is 0 Å². The fourth-order valence-electron chi connectivity index (χ4n) is 1.06. The van der Waals surface area contributed by atoms with Crippen molar-refractivity contribution in [2.75, 3.05) is 11.5 Å². The van der Waals surface area contributed by atoms with Crippen LogP contribution in [0, 0.1) is 0 Å². The summed E-state index contributed by atoms with van der Waals surface area (Å²) in [6.07, 6.45) is 1.53. The average molecular weight is 322 g/mol. The molecule has 0 fully saturated rings. The Bertz CT molecular complexity index is 365. The lowest BCUT2D eigenvalue weighted by Gasteiger charge is -2.14. The second-order valence-corrected chi connectivity index (χ2v) is 6.35. The quantitative estimate of drug-likeness (QED) is 0.243. The van der Waals surface area contributed by atoms with Crippen molar-refractivity contribution >= 4 is 39.4 Å². The lowest BCUT2D eigenvalue weighted by Crippen LogP contribution is -2.43. The predicted molar refractivity (Wildman–Crippen MR) is 79.5 cm³/mol. The van der Waals surface area contributed by atoms with Crippen LogP contribution >= 0.6 is 21.6 Å². The first-order chi connectivity index (χ1) is 9.38. The molecule has 2 atom stereocenters. The highest BCUT2D eigenvalue weighted by Gasteiger charge is 2.21. The Kier molecular flexibility index (Phi) is 9.95. The van der Waals surface area contributed by atoms with E-state index in [-0.39, 0.29) is 18.6 Å². The maximum atomic E-state index is 11.5. The van der Waals surface area contributed by atoms with E-state index in [2.05, 4.69) is 11.9 Å². The topological polar surface area (TPSA) is 130 Å². The zero-order valence-electron chi connectivity index (χ0n) is 10.8. The molecule has 0 saturated heterocycles. The van der Waals surface area contributed by atoms with Gasteiger partial charge in [-0.2, -0.15) is 0 Å². The minimum absolute atomic E-state index is 0.0359. The molecule has 0 saturated carbocycles. The summed E-state index contributed by atoms with van der Waals surface area (Å²) in [6.45, 7) is 3.54. The fourth-order valence-corrected chi connectivity index (χ4v) is 2.99. The molecule has 0 aromatic rings. The molecule has 0 aliphatic carbocycles. The van der Waals surface area contributed by atoms with Gasteiger partial charge in [-0.25, -0.2) is 4.79 Å². The summed E-state index contributed by atoms with van der Waals surface area (Å²) in [4.78, 5) is 33.0. The summed E-state index contributed by atoms with van der Waals surface area (Å²) >= 11 is 0. The van der Waals surface area contributed by atoms with Gasteiger partial charge < -0.3 is 21.3 Å². The van der Waals surface area contributed by atoms with E-state index in [1.165, 1.54) is 21.6 Å². The van der Waals surface area contributed by atoms with E-state index in [1.807, 2.05) is 0 Å². The van der Waals surface area contributed by atoms with Gasteiger partial charge in [-0.3, -0.25) is 9.59 Å². The van der Waals surface area contributed by atoms with Crippen LogP contribution in [0.5, 0.6) is 0 Å². The summed E-state index contributed by atoms with van der Waals surface area (Å²) < 4.78 is 0. The molecular formula is C11H18N2O5S2. The normalized spacial score (nSPS) is 13.2. The van der Waals surface area contributed by atoms with Crippen molar-refractivity contribution in [1.82, 2.24) is 5.32 Å². The van der Waals surface area contributed by atoms with Gasteiger partial charge in [0.15, 0.2) is 0 Å². The number of rotatable bonds is 11. The standard InChI is InChI=1S/C11H18N2O5S2/c1-2-5-19-20-6-8(11(17)18)13-9(14)4-3-7(12)10(15)16/h2,7-8H,1,3-6,12H2,(H,13,14)(H,15,16)(H,17,18). The minimum Gasteiger partial charge on any atom is -0.480 e. The molecule has 2 unspecified atom stereocenters. The van der Waals surface area contributed by atoms with Crippen LogP contribution in [0.2, 0.25) is 0 Å². The highest BCUT2D eigenvalue weighted by atomic mass is 33.1. The van der Waals surface area contributed by atoms with Crippen LogP contribution in [0.1, 0.15) is 12.8 Å². The van der Waals surface area contributed by atoms with E-state index in [1.54, 1.807) is 6.08 Å². The van der Waals surface area contributed by atoms with Crippen molar-refractivity contribution < 1.29 is 24.6 Å². The molecule has 20 heavy (non-hydrogen) atoms. The summed E-state index contributed by atoms with van der Waals surface area (Å²) in [5.41, 5.74) is 5.26. The van der Waals surface area contributed by atoms with Gasteiger partial charge in [-0.1, -0.05) is 27.7 Å². The van der Waals surface area contributed by atoms with Crippen molar-refractivity contribution in [2.24, 2.45) is 5.73 Å². The van der Waals surface area contributed by atoms with Crippen molar-refractivity contribution in [3.63, 3.8) is 0 Å². The smallest absolute Gasteiger partial charge is 0.327 e. The summed E-state index contributed by atoms with van der Waals surface area (Å²) in [5, 5.41) is 19.9. The third-order valence-corrected chi connectivity index (χ3v) is 4.46. The highest BCUT2D eigenvalue weighted by molar-refractivity contribution is 8.76. The molecule has 0 aromatic carbocycles. The molecule has 0 aliphatic heterocycles. The van der Waals surface area contributed by atoms with E-state index in [4.69, 9.17) is 15.9 Å². The number of amides is 1. The molecular weight excluding hydrogens is 304 g/mol. The van der Waals surface area contributed by atoms with Crippen LogP contribution in [0.4, 0.5) is 0 Å². The fraction of sp³-hybridized carbons (Fsp3) is 0.545. The van der Waals surface area contributed by atoms with Crippen LogP contribution < -0.4 is 11.1 Å². The number of carboxylic acids is 2. The number of nitrogens with one attached hydrogen (secondary N) is 1. The summed E-state index contributed by atoms with van der Waals surface area (Å²) in [6, 6.07) is -2.13. The van der Waals surface area contributed by atoms with Gasteiger partial charge in [0.1, 0.15) is 12.1 Å². The molecule has 1 amide bonds. The number of carbonyl (C=O) groups is 3. The molecule has 114 valence electrons. The van der Waals surface area contributed by atoms with Gasteiger partial charge in [-0.15, -0.1) is 6.58 Å².